The van der Waals surface area contributed by atoms with E-state index < -0.39 is 89.6 Å². The van der Waals surface area contributed by atoms with Gasteiger partial charge in [0.25, 0.3) is 0 Å². The Bertz CT molecular complexity index is 1670. The van der Waals surface area contributed by atoms with E-state index in [0.717, 1.165) is 21.6 Å². The van der Waals surface area contributed by atoms with Crippen LogP contribution in [0.4, 0.5) is 0 Å². The maximum atomic E-state index is 14.1. The van der Waals surface area contributed by atoms with Crippen LogP contribution in [-0.4, -0.2) is 147 Å². The average molecular weight is 868 g/mol. The highest BCUT2D eigenvalue weighted by Gasteiger charge is 2.39. The van der Waals surface area contributed by atoms with Crippen LogP contribution in [0.25, 0.3) is 0 Å². The Kier molecular flexibility index (Phi) is 19.5. The number of hydrogen-bond acceptors (Lipinski definition) is 13. The summed E-state index contributed by atoms with van der Waals surface area (Å²) in [7, 11) is 2.16. The minimum absolute atomic E-state index is 0.0239. The number of carboxylic acids is 1. The first-order valence-electron chi connectivity index (χ1n) is 19.1. The number of nitrogens with two attached hydrogens (primary N) is 5. The summed E-state index contributed by atoms with van der Waals surface area (Å²) >= 11 is 0. The number of aliphatic imine (C=N–C) groups is 2. The van der Waals surface area contributed by atoms with Gasteiger partial charge in [0, 0.05) is 49.5 Å². The number of hydrogen-bond donors (Lipinski definition) is 12. The minimum atomic E-state index is -1.28. The number of aromatic nitrogens is 2. The van der Waals surface area contributed by atoms with Crippen molar-refractivity contribution in [2.75, 3.05) is 31.1 Å². The van der Waals surface area contributed by atoms with Crippen molar-refractivity contribution in [1.82, 2.24) is 41.5 Å². The Morgan fingerprint density at radius 1 is 0.915 bits per heavy atom. The third-order valence-electron chi connectivity index (χ3n) is 9.36. The topological polar surface area (TPSA) is 387 Å². The number of imidazole rings is 1. The largest absolute Gasteiger partial charge is 0.480 e. The van der Waals surface area contributed by atoms with Gasteiger partial charge >= 0.3 is 5.97 Å². The van der Waals surface area contributed by atoms with E-state index in [1.54, 1.807) is 13.8 Å². The quantitative estimate of drug-likeness (QED) is 0.0345. The normalized spacial score (nSPS) is 24.1. The van der Waals surface area contributed by atoms with Gasteiger partial charge in [-0.1, -0.05) is 35.4 Å². The molecule has 23 nitrogen and oxygen atoms in total. The lowest BCUT2D eigenvalue weighted by molar-refractivity contribution is -0.149. The van der Waals surface area contributed by atoms with Crippen LogP contribution >= 0.6 is 21.6 Å². The summed E-state index contributed by atoms with van der Waals surface area (Å²) in [4.78, 5) is 111. The fraction of sp³-hybridized carbons (Fsp3) is 0.647. The Balaban J connectivity index is 2.01. The molecule has 17 N–H and O–H groups in total. The Labute approximate surface area is 349 Å². The maximum Gasteiger partial charge on any atom is 0.326 e. The summed E-state index contributed by atoms with van der Waals surface area (Å²) in [5.74, 6) is -6.50. The van der Waals surface area contributed by atoms with Crippen molar-refractivity contribution in [2.45, 2.75) is 101 Å². The monoisotopic (exact) mass is 867 g/mol. The SMILES string of the molecule is CC(C)[C@@H]1NC(=O)[C@H](CCCN=C(N)N)NC(=O)[C@@H](NC(=O)[C@H](N)CCCN=C(N)N)CSSC[C@@H](C(=O)N2CCC[C@H]2C(=O)O)NC(=O)[C@H](Cc2cnc[nH]2)NC1=O. The number of likely N-dealkylation sites (tertiary alicyclic amines) is 1. The first kappa shape index (κ1) is 48.1. The molecule has 0 unspecified atom stereocenters. The third-order valence-corrected chi connectivity index (χ3v) is 11.8. The van der Waals surface area contributed by atoms with Crippen LogP contribution in [0, 0.1) is 5.92 Å². The van der Waals surface area contributed by atoms with E-state index in [4.69, 9.17) is 28.7 Å². The highest BCUT2D eigenvalue weighted by molar-refractivity contribution is 8.76. The summed E-state index contributed by atoms with van der Waals surface area (Å²) < 4.78 is 0. The molecule has 2 aliphatic rings. The molecule has 6 amide bonds. The first-order chi connectivity index (χ1) is 28.0. The summed E-state index contributed by atoms with van der Waals surface area (Å²) in [5.41, 5.74) is 28.3. The molecule has 0 spiro atoms. The van der Waals surface area contributed by atoms with Gasteiger partial charge in [0.1, 0.15) is 36.3 Å². The zero-order valence-corrected chi connectivity index (χ0v) is 34.7. The molecule has 7 atom stereocenters. The maximum absolute atomic E-state index is 14.1. The lowest BCUT2D eigenvalue weighted by Gasteiger charge is -2.29. The van der Waals surface area contributed by atoms with Crippen LogP contribution in [-0.2, 0) is 40.0 Å². The molecule has 2 fully saturated rings. The Hall–Kier alpha value is -5.30. The van der Waals surface area contributed by atoms with E-state index in [9.17, 15) is 38.7 Å². The fourth-order valence-electron chi connectivity index (χ4n) is 6.20. The zero-order chi connectivity index (χ0) is 43.6. The summed E-state index contributed by atoms with van der Waals surface area (Å²) in [5, 5.41) is 23.3. The van der Waals surface area contributed by atoms with Gasteiger partial charge in [-0.3, -0.25) is 38.8 Å². The Morgan fingerprint density at radius 3 is 2.19 bits per heavy atom. The van der Waals surface area contributed by atoms with Crippen LogP contribution in [0.3, 0.4) is 0 Å². The summed E-state index contributed by atoms with van der Waals surface area (Å²) in [6.45, 7) is 3.84. The van der Waals surface area contributed by atoms with Crippen molar-refractivity contribution in [1.29, 1.82) is 0 Å². The minimum Gasteiger partial charge on any atom is -0.480 e. The lowest BCUT2D eigenvalue weighted by atomic mass is 10.0. The fourth-order valence-corrected chi connectivity index (χ4v) is 8.52. The van der Waals surface area contributed by atoms with Gasteiger partial charge in [0.15, 0.2) is 11.9 Å². The molecule has 0 aromatic carbocycles. The highest BCUT2D eigenvalue weighted by atomic mass is 33.1. The second kappa shape index (κ2) is 23.9. The molecule has 59 heavy (non-hydrogen) atoms. The van der Waals surface area contributed by atoms with Gasteiger partial charge in [-0.05, 0) is 44.4 Å². The second-order valence-corrected chi connectivity index (χ2v) is 16.9. The van der Waals surface area contributed by atoms with Crippen LogP contribution in [0.2, 0.25) is 0 Å². The molecule has 1 aromatic rings. The van der Waals surface area contributed by atoms with Crippen molar-refractivity contribution >= 4 is 74.9 Å². The lowest BCUT2D eigenvalue weighted by Crippen LogP contribution is -2.61. The van der Waals surface area contributed by atoms with Crippen molar-refractivity contribution < 1.29 is 38.7 Å². The number of aromatic amines is 1. The van der Waals surface area contributed by atoms with E-state index in [1.165, 1.54) is 17.4 Å². The highest BCUT2D eigenvalue weighted by Crippen LogP contribution is 2.26. The number of rotatable bonds is 15. The van der Waals surface area contributed by atoms with E-state index in [-0.39, 0.29) is 75.2 Å². The van der Waals surface area contributed by atoms with Crippen LogP contribution in [0.1, 0.15) is 58.1 Å². The second-order valence-electron chi connectivity index (χ2n) is 14.4. The third kappa shape index (κ3) is 15.8. The van der Waals surface area contributed by atoms with Crippen molar-refractivity contribution in [3.05, 3.63) is 18.2 Å². The number of H-pyrrole nitrogens is 1. The smallest absolute Gasteiger partial charge is 0.326 e. The molecule has 1 aromatic heterocycles. The van der Waals surface area contributed by atoms with Crippen molar-refractivity contribution in [3.8, 4) is 0 Å². The number of nitrogens with one attached hydrogen (secondary N) is 6. The number of aliphatic carboxylic acids is 1. The molecule has 25 heteroatoms. The molecule has 2 saturated heterocycles. The van der Waals surface area contributed by atoms with Gasteiger partial charge in [0.2, 0.25) is 35.4 Å². The van der Waals surface area contributed by atoms with Gasteiger partial charge in [-0.25, -0.2) is 9.78 Å². The van der Waals surface area contributed by atoms with Crippen LogP contribution in [0.5, 0.6) is 0 Å². The van der Waals surface area contributed by atoms with E-state index in [1.807, 2.05) is 0 Å². The van der Waals surface area contributed by atoms with E-state index >= 15 is 0 Å². The van der Waals surface area contributed by atoms with Gasteiger partial charge in [0.05, 0.1) is 12.4 Å². The molecule has 3 rings (SSSR count). The van der Waals surface area contributed by atoms with Crippen molar-refractivity contribution in [2.24, 2.45) is 44.6 Å². The standard InChI is InChI=1S/C34H57N15O8S2/c1-17(2)25-30(54)45-21(12-18-13-40-16-43-18)28(52)47-23(31(55)49-11-5-8-24(49)32(56)57)15-59-58-14-22(46-26(50)19(35)6-3-9-41-33(36)37)29(53)44-20(27(51)48-25)7-4-10-42-34(38)39/h13,16-17,19-25H,3-12,14-15,35H2,1-2H3,(H,40,43)(H,44,53)(H,45,54)(H,46,50)(H,47,52)(H,48,51)(H,56,57)(H4,36,37,41)(H4,38,39,42)/t19-,20+,21+,22+,23+,24+,25+/m1/s1. The van der Waals surface area contributed by atoms with Crippen LogP contribution < -0.4 is 55.3 Å². The zero-order valence-electron chi connectivity index (χ0n) is 33.1. The number of carbonyl (C=O) groups excluding carboxylic acids is 6. The van der Waals surface area contributed by atoms with Gasteiger partial charge in [-0.15, -0.1) is 0 Å². The number of carbonyl (C=O) groups is 7. The number of carboxylic acid groups (broad SMARTS) is 1. The van der Waals surface area contributed by atoms with Gasteiger partial charge < -0.3 is 70.2 Å². The molecule has 2 aliphatic heterocycles. The van der Waals surface area contributed by atoms with Gasteiger partial charge in [-0.2, -0.15) is 0 Å². The first-order valence-corrected chi connectivity index (χ1v) is 21.6. The number of nitrogens with zero attached hydrogens (tertiary/aromatic N) is 4. The molecular weight excluding hydrogens is 811 g/mol. The molecule has 0 aliphatic carbocycles. The average Bonchev–Trinajstić information content (AvgIpc) is 3.89. The molecule has 3 heterocycles. The Morgan fingerprint density at radius 2 is 1.56 bits per heavy atom. The molecular formula is C34H57N15O8S2. The van der Waals surface area contributed by atoms with E-state index in [2.05, 4.69) is 46.5 Å². The summed E-state index contributed by atoms with van der Waals surface area (Å²) in [6.07, 6.45) is 4.24. The molecule has 0 radical (unpaired) electrons. The van der Waals surface area contributed by atoms with E-state index in [0.29, 0.717) is 18.5 Å². The summed E-state index contributed by atoms with van der Waals surface area (Å²) in [6, 6.07) is -8.43. The number of amides is 6. The number of guanidine groups is 2. The molecule has 0 saturated carbocycles. The molecule has 0 bridgehead atoms. The van der Waals surface area contributed by atoms with Crippen LogP contribution in [0.15, 0.2) is 22.5 Å². The van der Waals surface area contributed by atoms with Crippen molar-refractivity contribution in [3.63, 3.8) is 0 Å². The predicted octanol–water partition coefficient (Wildman–Crippen LogP) is -4.06. The predicted molar refractivity (Wildman–Crippen MR) is 222 cm³/mol. The molecule has 328 valence electrons.